The molecule has 1 aliphatic rings. The Morgan fingerprint density at radius 2 is 1.67 bits per heavy atom. The Labute approximate surface area is 211 Å². The van der Waals surface area contributed by atoms with Gasteiger partial charge < -0.3 is 25.6 Å². The highest BCUT2D eigenvalue weighted by atomic mass is 16.6. The first-order valence-electron chi connectivity index (χ1n) is 12.0. The van der Waals surface area contributed by atoms with Crippen molar-refractivity contribution in [1.82, 2.24) is 15.5 Å². The van der Waals surface area contributed by atoms with Gasteiger partial charge in [0.15, 0.2) is 0 Å². The van der Waals surface area contributed by atoms with Crippen molar-refractivity contribution in [2.45, 2.75) is 52.3 Å². The van der Waals surface area contributed by atoms with Crippen LogP contribution >= 0.6 is 0 Å². The van der Waals surface area contributed by atoms with Crippen LogP contribution in [0.3, 0.4) is 0 Å². The Morgan fingerprint density at radius 3 is 2.33 bits per heavy atom. The van der Waals surface area contributed by atoms with Crippen LogP contribution in [0.25, 0.3) is 0 Å². The lowest BCUT2D eigenvalue weighted by Gasteiger charge is -2.19. The summed E-state index contributed by atoms with van der Waals surface area (Å²) in [5.74, 6) is -0.763. The zero-order valence-corrected chi connectivity index (χ0v) is 21.0. The Kier molecular flexibility index (Phi) is 9.05. The van der Waals surface area contributed by atoms with Crippen LogP contribution in [-0.2, 0) is 32.2 Å². The number of alkyl carbamates (subject to hydrolysis) is 1. The Hall–Kier alpha value is -3.88. The first-order chi connectivity index (χ1) is 17.1. The van der Waals surface area contributed by atoms with Crippen LogP contribution in [0, 0.1) is 5.92 Å². The number of ether oxygens (including phenoxy) is 1. The van der Waals surface area contributed by atoms with Gasteiger partial charge in [-0.25, -0.2) is 4.79 Å². The quantitative estimate of drug-likeness (QED) is 0.495. The van der Waals surface area contributed by atoms with Crippen molar-refractivity contribution < 1.29 is 23.9 Å². The third-order valence-electron chi connectivity index (χ3n) is 5.53. The molecule has 3 N–H and O–H groups in total. The number of carbonyl (C=O) groups excluding carboxylic acids is 4. The lowest BCUT2D eigenvalue weighted by atomic mass is 10.1. The predicted octanol–water partition coefficient (Wildman–Crippen LogP) is 3.20. The van der Waals surface area contributed by atoms with E-state index in [1.165, 1.54) is 0 Å². The zero-order valence-electron chi connectivity index (χ0n) is 21.0. The minimum Gasteiger partial charge on any atom is -0.444 e. The van der Waals surface area contributed by atoms with Gasteiger partial charge in [0.25, 0.3) is 0 Å². The number of rotatable bonds is 9. The predicted molar refractivity (Wildman–Crippen MR) is 136 cm³/mol. The molecule has 0 aromatic heterocycles. The summed E-state index contributed by atoms with van der Waals surface area (Å²) >= 11 is 0. The molecule has 1 atom stereocenters. The van der Waals surface area contributed by atoms with Crippen molar-refractivity contribution >= 4 is 29.5 Å². The van der Waals surface area contributed by atoms with Crippen molar-refractivity contribution in [2.75, 3.05) is 18.4 Å². The van der Waals surface area contributed by atoms with Crippen molar-refractivity contribution in [1.29, 1.82) is 0 Å². The summed E-state index contributed by atoms with van der Waals surface area (Å²) in [6, 6.07) is 16.9. The van der Waals surface area contributed by atoms with Crippen LogP contribution in [0.4, 0.5) is 10.5 Å². The second-order valence-corrected chi connectivity index (χ2v) is 9.80. The highest BCUT2D eigenvalue weighted by Crippen LogP contribution is 2.20. The van der Waals surface area contributed by atoms with E-state index in [4.69, 9.17) is 4.74 Å². The normalized spacial score (nSPS) is 15.4. The first-order valence-corrected chi connectivity index (χ1v) is 12.0. The van der Waals surface area contributed by atoms with Gasteiger partial charge in [-0.3, -0.25) is 14.4 Å². The van der Waals surface area contributed by atoms with Crippen LogP contribution in [0.2, 0.25) is 0 Å². The molecule has 1 unspecified atom stereocenters. The summed E-state index contributed by atoms with van der Waals surface area (Å²) in [6.45, 7) is 6.72. The summed E-state index contributed by atoms with van der Waals surface area (Å²) in [6.07, 6.45) is -0.238. The lowest BCUT2D eigenvalue weighted by molar-refractivity contribution is -0.129. The molecule has 1 saturated heterocycles. The molecule has 1 aliphatic heterocycles. The van der Waals surface area contributed by atoms with E-state index >= 15 is 0 Å². The fraction of sp³-hybridized carbons (Fsp3) is 0.407. The number of nitrogens with zero attached hydrogens (tertiary/aromatic N) is 1. The van der Waals surface area contributed by atoms with Crippen LogP contribution in [0.1, 0.15) is 44.7 Å². The molecular weight excluding hydrogens is 460 g/mol. The molecule has 36 heavy (non-hydrogen) atoms. The van der Waals surface area contributed by atoms with Gasteiger partial charge in [0.2, 0.25) is 17.7 Å². The maximum absolute atomic E-state index is 12.6. The summed E-state index contributed by atoms with van der Waals surface area (Å²) in [4.78, 5) is 50.4. The van der Waals surface area contributed by atoms with E-state index in [-0.39, 0.29) is 43.0 Å². The molecule has 2 aromatic rings. The lowest BCUT2D eigenvalue weighted by Crippen LogP contribution is -2.34. The molecule has 4 amide bonds. The van der Waals surface area contributed by atoms with E-state index in [9.17, 15) is 19.2 Å². The fourth-order valence-electron chi connectivity index (χ4n) is 3.76. The number of likely N-dealkylation sites (tertiary alicyclic amines) is 1. The van der Waals surface area contributed by atoms with Crippen LogP contribution in [-0.4, -0.2) is 47.4 Å². The maximum Gasteiger partial charge on any atom is 0.407 e. The number of benzene rings is 2. The van der Waals surface area contributed by atoms with E-state index < -0.39 is 11.7 Å². The van der Waals surface area contributed by atoms with Gasteiger partial charge >= 0.3 is 6.09 Å². The molecule has 9 nitrogen and oxygen atoms in total. The highest BCUT2D eigenvalue weighted by molar-refractivity contribution is 5.91. The van der Waals surface area contributed by atoms with Gasteiger partial charge in [-0.2, -0.15) is 0 Å². The summed E-state index contributed by atoms with van der Waals surface area (Å²) in [5.41, 5.74) is 1.94. The molecule has 3 rings (SSSR count). The summed E-state index contributed by atoms with van der Waals surface area (Å²) in [7, 11) is 0. The second kappa shape index (κ2) is 12.2. The van der Waals surface area contributed by atoms with Crippen molar-refractivity contribution in [3.8, 4) is 0 Å². The molecule has 9 heteroatoms. The van der Waals surface area contributed by atoms with E-state index in [0.717, 1.165) is 11.1 Å². The van der Waals surface area contributed by atoms with Gasteiger partial charge in [0.05, 0.1) is 5.92 Å². The molecule has 0 saturated carbocycles. The fourth-order valence-corrected chi connectivity index (χ4v) is 3.76. The van der Waals surface area contributed by atoms with E-state index in [2.05, 4.69) is 16.0 Å². The smallest absolute Gasteiger partial charge is 0.407 e. The van der Waals surface area contributed by atoms with E-state index in [0.29, 0.717) is 25.3 Å². The molecule has 1 heterocycles. The monoisotopic (exact) mass is 494 g/mol. The highest BCUT2D eigenvalue weighted by Gasteiger charge is 2.34. The average molecular weight is 495 g/mol. The largest absolute Gasteiger partial charge is 0.444 e. The van der Waals surface area contributed by atoms with Crippen LogP contribution in [0.5, 0.6) is 0 Å². The topological polar surface area (TPSA) is 117 Å². The Morgan fingerprint density at radius 1 is 0.972 bits per heavy atom. The van der Waals surface area contributed by atoms with E-state index in [1.54, 1.807) is 37.8 Å². The Bertz CT molecular complexity index is 1060. The molecule has 0 radical (unpaired) electrons. The van der Waals surface area contributed by atoms with Crippen molar-refractivity contribution in [3.63, 3.8) is 0 Å². The third kappa shape index (κ3) is 8.72. The van der Waals surface area contributed by atoms with E-state index in [1.807, 2.05) is 42.5 Å². The van der Waals surface area contributed by atoms with Gasteiger partial charge in [-0.1, -0.05) is 42.5 Å². The number of hydrogen-bond donors (Lipinski definition) is 3. The number of hydrogen-bond acceptors (Lipinski definition) is 5. The minimum absolute atomic E-state index is 0.0135. The summed E-state index contributed by atoms with van der Waals surface area (Å²) in [5, 5.41) is 8.22. The molecule has 192 valence electrons. The summed E-state index contributed by atoms with van der Waals surface area (Å²) < 4.78 is 5.13. The molecule has 1 fully saturated rings. The SMILES string of the molecule is CC(C)(C)OC(=O)NCCC(=O)Nc1ccc(CNC(=O)C2CC(=O)N(Cc3ccccc3)C2)cc1. The Balaban J connectivity index is 1.37. The van der Waals surface area contributed by atoms with Crippen LogP contribution < -0.4 is 16.0 Å². The van der Waals surface area contributed by atoms with Crippen molar-refractivity contribution in [2.24, 2.45) is 5.92 Å². The third-order valence-corrected chi connectivity index (χ3v) is 5.53. The van der Waals surface area contributed by atoms with Gasteiger partial charge in [0.1, 0.15) is 5.60 Å². The van der Waals surface area contributed by atoms with Gasteiger partial charge in [-0.05, 0) is 44.0 Å². The minimum atomic E-state index is -0.592. The number of carbonyl (C=O) groups is 4. The first kappa shape index (κ1) is 26.7. The average Bonchev–Trinajstić information content (AvgIpc) is 3.18. The molecule has 0 aliphatic carbocycles. The zero-order chi connectivity index (χ0) is 26.1. The van der Waals surface area contributed by atoms with Crippen molar-refractivity contribution in [3.05, 3.63) is 65.7 Å². The molecule has 2 aromatic carbocycles. The van der Waals surface area contributed by atoms with Gasteiger partial charge in [0, 0.05) is 44.7 Å². The molecule has 0 bridgehead atoms. The number of amides is 4. The van der Waals surface area contributed by atoms with Crippen LogP contribution in [0.15, 0.2) is 54.6 Å². The standard InChI is InChI=1S/C27H34N4O5/c1-27(2,3)36-26(35)28-14-13-23(32)30-22-11-9-19(10-12-22)16-29-25(34)21-15-24(33)31(18-21)17-20-7-5-4-6-8-20/h4-12,21H,13-18H2,1-3H3,(H,28,35)(H,29,34)(H,30,32). The van der Waals surface area contributed by atoms with Gasteiger partial charge in [-0.15, -0.1) is 0 Å². The second-order valence-electron chi connectivity index (χ2n) is 9.80. The number of anilines is 1. The maximum atomic E-state index is 12.6. The number of nitrogens with one attached hydrogen (secondary N) is 3. The molecular formula is C27H34N4O5. The molecule has 0 spiro atoms.